The summed E-state index contributed by atoms with van der Waals surface area (Å²) >= 11 is 0. The topological polar surface area (TPSA) is 122 Å². The van der Waals surface area contributed by atoms with Crippen LogP contribution in [0.5, 0.6) is 0 Å². The Morgan fingerprint density at radius 2 is 1.51 bits per heavy atom. The van der Waals surface area contributed by atoms with E-state index in [1.54, 1.807) is 34.5 Å². The second-order valence-electron chi connectivity index (χ2n) is 15.6. The molecular weight excluding hydrogens is 652 g/mol. The molecule has 3 rings (SSSR count). The van der Waals surface area contributed by atoms with Gasteiger partial charge in [0.15, 0.2) is 0 Å². The fourth-order valence-corrected chi connectivity index (χ4v) is 8.26. The van der Waals surface area contributed by atoms with Crippen molar-refractivity contribution in [3.8, 4) is 0 Å². The lowest BCUT2D eigenvalue weighted by Gasteiger charge is -2.39. The first-order valence-corrected chi connectivity index (χ1v) is 19.3. The summed E-state index contributed by atoms with van der Waals surface area (Å²) in [6.45, 7) is 12.1. The van der Waals surface area contributed by atoms with E-state index in [2.05, 4.69) is 26.8 Å². The minimum atomic E-state index is -0.733. The van der Waals surface area contributed by atoms with Crippen molar-refractivity contribution in [1.82, 2.24) is 0 Å². The quantitative estimate of drug-likeness (QED) is 0.195. The highest BCUT2D eigenvalue weighted by molar-refractivity contribution is 5.82. The van der Waals surface area contributed by atoms with Crippen LogP contribution in [0.25, 0.3) is 0 Å². The molecule has 0 saturated carbocycles. The number of methoxy groups -OCH3 is 4. The maximum atomic E-state index is 13.4. The summed E-state index contributed by atoms with van der Waals surface area (Å²) in [5.41, 5.74) is 0.842. The summed E-state index contributed by atoms with van der Waals surface area (Å²) in [6, 6.07) is 0. The molecule has 3 heterocycles. The number of fused-ring (bicyclic) bond motifs is 2. The van der Waals surface area contributed by atoms with Crippen molar-refractivity contribution in [2.75, 3.05) is 28.4 Å². The van der Waals surface area contributed by atoms with Gasteiger partial charge in [0, 0.05) is 71.5 Å². The molecule has 2 bridgehead atoms. The van der Waals surface area contributed by atoms with Crippen LogP contribution >= 0.6 is 0 Å². The van der Waals surface area contributed by atoms with Crippen molar-refractivity contribution >= 4 is 5.97 Å². The molecule has 294 valence electrons. The molecule has 0 spiro atoms. The number of carbonyl (C=O) groups excluding carboxylic acids is 1. The molecule has 0 radical (unpaired) electrons. The molecule has 51 heavy (non-hydrogen) atoms. The first-order chi connectivity index (χ1) is 24.3. The second kappa shape index (κ2) is 21.9. The van der Waals surface area contributed by atoms with Gasteiger partial charge in [0.2, 0.25) is 0 Å². The summed E-state index contributed by atoms with van der Waals surface area (Å²) in [5, 5.41) is 22.6. The Bertz CT molecular complexity index is 1110. The molecule has 0 aromatic rings. The average molecular weight is 723 g/mol. The summed E-state index contributed by atoms with van der Waals surface area (Å²) in [6.07, 6.45) is 13.0. The fraction of sp³-hybridized carbons (Fsp3) is 0.829. The van der Waals surface area contributed by atoms with Gasteiger partial charge >= 0.3 is 5.97 Å². The van der Waals surface area contributed by atoms with Crippen LogP contribution in [-0.4, -0.2) is 112 Å². The van der Waals surface area contributed by atoms with Crippen LogP contribution in [0.1, 0.15) is 99.3 Å². The number of allylic oxidation sites excluding steroid dienone is 2. The monoisotopic (exact) mass is 722 g/mol. The average Bonchev–Trinajstić information content (AvgIpc) is 3.12. The van der Waals surface area contributed by atoms with Crippen LogP contribution < -0.4 is 0 Å². The maximum absolute atomic E-state index is 13.4. The van der Waals surface area contributed by atoms with E-state index in [-0.39, 0.29) is 72.5 Å². The first kappa shape index (κ1) is 43.8. The zero-order chi connectivity index (χ0) is 37.7. The SMILES string of the molecule is CO[C@H]1C[C@H](CC[C@H](C)[C@H](O)[C@H](C)[C@H]2OC(=O)C=CC(C)=CC[C@H](O)C[C@@H]3C=CC[C@@H](C[C@H](OC)[C@@H](C)[C@@H](OC)C[C@@H](OC)[C@@H]2C)O3)O[C@@H](C)C1. The Balaban J connectivity index is 1.86. The van der Waals surface area contributed by atoms with Gasteiger partial charge < -0.3 is 43.4 Å². The van der Waals surface area contributed by atoms with E-state index in [4.69, 9.17) is 33.2 Å². The van der Waals surface area contributed by atoms with E-state index in [1.165, 1.54) is 6.08 Å². The lowest BCUT2D eigenvalue weighted by Crippen LogP contribution is -2.46. The standard InChI is InChI=1S/C41H70O10/c1-25-14-17-31(42)21-32-12-11-13-33(50-32)23-36(46-8)28(4)37(47-9)24-38(48-10)29(5)41(51-39(43)19-15-25)30(6)40(44)26(2)16-18-34-22-35(45-7)20-27(3)49-34/h11-12,14-15,19,26-38,40-42,44H,13,16-18,20-24H2,1-10H3/t26-,27-,28+,29-,30-,31-,32-,33-,34-,35+,36-,37-,38+,40-,41-/m0/s1. The molecule has 15 atom stereocenters. The summed E-state index contributed by atoms with van der Waals surface area (Å²) < 4.78 is 42.7. The van der Waals surface area contributed by atoms with E-state index in [1.807, 2.05) is 32.9 Å². The molecule has 0 unspecified atom stereocenters. The van der Waals surface area contributed by atoms with Crippen LogP contribution in [0.4, 0.5) is 0 Å². The summed E-state index contributed by atoms with van der Waals surface area (Å²) in [7, 11) is 6.86. The Morgan fingerprint density at radius 3 is 2.18 bits per heavy atom. The molecule has 10 nitrogen and oxygen atoms in total. The number of carbonyl (C=O) groups is 1. The smallest absolute Gasteiger partial charge is 0.331 e. The number of aliphatic hydroxyl groups is 2. The van der Waals surface area contributed by atoms with Crippen LogP contribution in [-0.2, 0) is 38.0 Å². The lowest BCUT2D eigenvalue weighted by atomic mass is 9.78. The second-order valence-corrected chi connectivity index (χ2v) is 15.6. The largest absolute Gasteiger partial charge is 0.458 e. The maximum Gasteiger partial charge on any atom is 0.331 e. The predicted octanol–water partition coefficient (Wildman–Crippen LogP) is 6.36. The summed E-state index contributed by atoms with van der Waals surface area (Å²) in [4.78, 5) is 13.4. The van der Waals surface area contributed by atoms with Crippen molar-refractivity contribution in [2.24, 2.45) is 23.7 Å². The van der Waals surface area contributed by atoms with E-state index in [0.717, 1.165) is 37.7 Å². The van der Waals surface area contributed by atoms with Crippen LogP contribution in [0, 0.1) is 23.7 Å². The highest BCUT2D eigenvalue weighted by atomic mass is 16.6. The predicted molar refractivity (Wildman–Crippen MR) is 198 cm³/mol. The van der Waals surface area contributed by atoms with Gasteiger partial charge in [0.1, 0.15) is 6.10 Å². The van der Waals surface area contributed by atoms with E-state index in [9.17, 15) is 15.0 Å². The molecule has 0 amide bonds. The molecule has 1 saturated heterocycles. The highest BCUT2D eigenvalue weighted by Crippen LogP contribution is 2.34. The van der Waals surface area contributed by atoms with E-state index >= 15 is 0 Å². The zero-order valence-electron chi connectivity index (χ0n) is 33.1. The van der Waals surface area contributed by atoms with Gasteiger partial charge in [-0.2, -0.15) is 0 Å². The van der Waals surface area contributed by atoms with Gasteiger partial charge in [-0.05, 0) is 58.3 Å². The van der Waals surface area contributed by atoms with Crippen LogP contribution in [0.2, 0.25) is 0 Å². The van der Waals surface area contributed by atoms with Crippen molar-refractivity contribution < 1.29 is 48.2 Å². The van der Waals surface area contributed by atoms with Crippen LogP contribution in [0.15, 0.2) is 36.0 Å². The van der Waals surface area contributed by atoms with E-state index in [0.29, 0.717) is 25.7 Å². The Morgan fingerprint density at radius 1 is 0.843 bits per heavy atom. The lowest BCUT2D eigenvalue weighted by molar-refractivity contribution is -0.159. The Labute approximate surface area is 308 Å². The molecule has 3 aliphatic heterocycles. The number of ether oxygens (including phenoxy) is 7. The number of hydrogen-bond donors (Lipinski definition) is 2. The van der Waals surface area contributed by atoms with E-state index < -0.39 is 24.3 Å². The van der Waals surface area contributed by atoms with Crippen molar-refractivity contribution in [1.29, 1.82) is 0 Å². The molecule has 10 heteroatoms. The number of aliphatic hydroxyl groups excluding tert-OH is 2. The molecule has 2 N–H and O–H groups in total. The van der Waals surface area contributed by atoms with Gasteiger partial charge in [0.05, 0.1) is 61.0 Å². The summed E-state index contributed by atoms with van der Waals surface area (Å²) in [5.74, 6) is -1.22. The first-order valence-electron chi connectivity index (χ1n) is 19.3. The van der Waals surface area contributed by atoms with Gasteiger partial charge in [-0.25, -0.2) is 4.79 Å². The number of esters is 1. The van der Waals surface area contributed by atoms with Gasteiger partial charge in [0.25, 0.3) is 0 Å². The number of rotatable bonds is 10. The third kappa shape index (κ3) is 13.6. The Kier molecular flexibility index (Phi) is 18.8. The molecule has 3 aliphatic rings. The highest BCUT2D eigenvalue weighted by Gasteiger charge is 2.40. The van der Waals surface area contributed by atoms with Gasteiger partial charge in [-0.15, -0.1) is 0 Å². The van der Waals surface area contributed by atoms with Crippen molar-refractivity contribution in [3.05, 3.63) is 36.0 Å². The van der Waals surface area contributed by atoms with Crippen LogP contribution in [0.3, 0.4) is 0 Å². The normalized spacial score (nSPS) is 38.3. The molecular formula is C41H70O10. The third-order valence-electron chi connectivity index (χ3n) is 11.7. The van der Waals surface area contributed by atoms with Crippen molar-refractivity contribution in [3.63, 3.8) is 0 Å². The number of hydrogen-bond acceptors (Lipinski definition) is 10. The molecule has 0 aliphatic carbocycles. The van der Waals surface area contributed by atoms with Gasteiger partial charge in [-0.3, -0.25) is 0 Å². The number of cyclic esters (lactones) is 1. The molecule has 0 aromatic carbocycles. The Hall–Kier alpha value is -1.63. The molecule has 1 fully saturated rings. The fourth-order valence-electron chi connectivity index (χ4n) is 8.26. The third-order valence-corrected chi connectivity index (χ3v) is 11.7. The van der Waals surface area contributed by atoms with Crippen molar-refractivity contribution in [2.45, 2.75) is 166 Å². The minimum absolute atomic E-state index is 0.00324. The van der Waals surface area contributed by atoms with Gasteiger partial charge in [-0.1, -0.05) is 57.6 Å². The molecule has 0 aromatic heterocycles. The zero-order valence-corrected chi connectivity index (χ0v) is 33.1. The minimum Gasteiger partial charge on any atom is -0.458 e.